The van der Waals surface area contributed by atoms with Gasteiger partial charge in [-0.25, -0.2) is 9.63 Å². The molecular formula is C19H29N3O4S. The van der Waals surface area contributed by atoms with Gasteiger partial charge in [0, 0.05) is 12.3 Å². The van der Waals surface area contributed by atoms with Gasteiger partial charge in [0.05, 0.1) is 4.90 Å². The Morgan fingerprint density at radius 2 is 1.81 bits per heavy atom. The van der Waals surface area contributed by atoms with Gasteiger partial charge in [-0.2, -0.15) is 13.5 Å². The summed E-state index contributed by atoms with van der Waals surface area (Å²) in [4.78, 5) is 14.3. The topological polar surface area (TPSA) is 96.9 Å². The van der Waals surface area contributed by atoms with E-state index in [4.69, 9.17) is 4.74 Å². The largest absolute Gasteiger partial charge is 0.444 e. The highest BCUT2D eigenvalue weighted by Gasteiger charge is 2.24. The molecule has 1 amide bonds. The summed E-state index contributed by atoms with van der Waals surface area (Å²) in [6.45, 7) is 7.24. The number of hydrogen-bond donors (Lipinski definition) is 2. The fourth-order valence-corrected chi connectivity index (χ4v) is 4.05. The zero-order valence-electron chi connectivity index (χ0n) is 16.4. The van der Waals surface area contributed by atoms with E-state index in [-0.39, 0.29) is 16.9 Å². The van der Waals surface area contributed by atoms with E-state index in [1.165, 1.54) is 0 Å². The predicted octanol–water partition coefficient (Wildman–Crippen LogP) is 3.34. The molecule has 0 heterocycles. The van der Waals surface area contributed by atoms with Crippen molar-refractivity contribution in [3.05, 3.63) is 29.8 Å². The van der Waals surface area contributed by atoms with Crippen LogP contribution < -0.4 is 10.1 Å². The second-order valence-electron chi connectivity index (χ2n) is 7.90. The van der Waals surface area contributed by atoms with Crippen molar-refractivity contribution >= 4 is 22.3 Å². The molecule has 2 N–H and O–H groups in total. The molecule has 150 valence electrons. The van der Waals surface area contributed by atoms with Gasteiger partial charge in [-0.15, -0.1) is 0 Å². The lowest BCUT2D eigenvalue weighted by Crippen LogP contribution is -2.41. The van der Waals surface area contributed by atoms with Crippen LogP contribution in [0.4, 0.5) is 4.79 Å². The lowest BCUT2D eigenvalue weighted by Gasteiger charge is -2.28. The predicted molar refractivity (Wildman–Crippen MR) is 105 cm³/mol. The van der Waals surface area contributed by atoms with E-state index >= 15 is 0 Å². The number of hydrazone groups is 1. The molecular weight excluding hydrogens is 366 g/mol. The first kappa shape index (κ1) is 21.2. The van der Waals surface area contributed by atoms with Crippen molar-refractivity contribution in [3.63, 3.8) is 0 Å². The molecule has 1 fully saturated rings. The number of ether oxygens (including phenoxy) is 1. The third-order valence-electron chi connectivity index (χ3n) is 4.33. The first-order valence-corrected chi connectivity index (χ1v) is 10.7. The van der Waals surface area contributed by atoms with Gasteiger partial charge in [0.25, 0.3) is 10.0 Å². The quantitative estimate of drug-likeness (QED) is 0.590. The number of nitrogens with one attached hydrogen (secondary N) is 2. The highest BCUT2D eigenvalue weighted by molar-refractivity contribution is 7.89. The molecule has 0 saturated heterocycles. The molecule has 0 atom stereocenters. The molecule has 0 bridgehead atoms. The van der Waals surface area contributed by atoms with Crippen molar-refractivity contribution in [1.29, 1.82) is 0 Å². The van der Waals surface area contributed by atoms with Gasteiger partial charge in [0.1, 0.15) is 5.60 Å². The van der Waals surface area contributed by atoms with Crippen LogP contribution in [0.25, 0.3) is 0 Å². The SMILES string of the molecule is Cc1ccccc1S(=O)(=O)N/N=C/C1CCC(NC(=O)OC(C)(C)C)CC1. The van der Waals surface area contributed by atoms with Crippen molar-refractivity contribution in [2.24, 2.45) is 11.0 Å². The summed E-state index contributed by atoms with van der Waals surface area (Å²) < 4.78 is 29.9. The summed E-state index contributed by atoms with van der Waals surface area (Å²) >= 11 is 0. The van der Waals surface area contributed by atoms with Crippen LogP contribution in [0.1, 0.15) is 52.0 Å². The first-order chi connectivity index (χ1) is 12.6. The normalized spacial score (nSPS) is 21.0. The molecule has 8 heteroatoms. The van der Waals surface area contributed by atoms with E-state index in [0.29, 0.717) is 5.56 Å². The fraction of sp³-hybridized carbons (Fsp3) is 0.579. The summed E-state index contributed by atoms with van der Waals surface area (Å²) in [5.41, 5.74) is 0.163. The minimum atomic E-state index is -3.66. The van der Waals surface area contributed by atoms with Gasteiger partial charge in [0.2, 0.25) is 0 Å². The molecule has 0 unspecified atom stereocenters. The first-order valence-electron chi connectivity index (χ1n) is 9.17. The monoisotopic (exact) mass is 395 g/mol. The molecule has 1 aliphatic rings. The van der Waals surface area contributed by atoms with Crippen LogP contribution in [-0.2, 0) is 14.8 Å². The van der Waals surface area contributed by atoms with Gasteiger partial charge < -0.3 is 10.1 Å². The fourth-order valence-electron chi connectivity index (χ4n) is 3.00. The van der Waals surface area contributed by atoms with Crippen LogP contribution in [0, 0.1) is 12.8 Å². The van der Waals surface area contributed by atoms with Gasteiger partial charge in [-0.3, -0.25) is 0 Å². The van der Waals surface area contributed by atoms with Gasteiger partial charge >= 0.3 is 6.09 Å². The van der Waals surface area contributed by atoms with Crippen LogP contribution in [-0.4, -0.2) is 32.4 Å². The Bertz CT molecular complexity index is 776. The number of rotatable bonds is 5. The maximum atomic E-state index is 12.3. The molecule has 2 rings (SSSR count). The molecule has 1 aliphatic carbocycles. The van der Waals surface area contributed by atoms with E-state index in [1.807, 2.05) is 20.8 Å². The van der Waals surface area contributed by atoms with Crippen LogP contribution in [0.5, 0.6) is 0 Å². The van der Waals surface area contributed by atoms with Crippen molar-refractivity contribution in [1.82, 2.24) is 10.1 Å². The standard InChI is InChI=1S/C19H29N3O4S/c1-14-7-5-6-8-17(14)27(24,25)22-20-13-15-9-11-16(12-10-15)21-18(23)26-19(2,3)4/h5-8,13,15-16,22H,9-12H2,1-4H3,(H,21,23)/b20-13+. The third-order valence-corrected chi connectivity index (χ3v) is 5.72. The Balaban J connectivity index is 1.80. The van der Waals surface area contributed by atoms with Gasteiger partial charge in [-0.05, 0) is 70.9 Å². The van der Waals surface area contributed by atoms with Crippen LogP contribution in [0.3, 0.4) is 0 Å². The number of nitrogens with zero attached hydrogens (tertiary/aromatic N) is 1. The molecule has 0 radical (unpaired) electrons. The average Bonchev–Trinajstić information content (AvgIpc) is 2.55. The smallest absolute Gasteiger partial charge is 0.407 e. The Hall–Kier alpha value is -2.09. The summed E-state index contributed by atoms with van der Waals surface area (Å²) in [5, 5.41) is 6.83. The Labute approximate surface area is 161 Å². The zero-order valence-corrected chi connectivity index (χ0v) is 17.2. The molecule has 0 spiro atoms. The number of alkyl carbamates (subject to hydrolysis) is 1. The van der Waals surface area contributed by atoms with Crippen LogP contribution >= 0.6 is 0 Å². The number of aryl methyl sites for hydroxylation is 1. The summed E-state index contributed by atoms with van der Waals surface area (Å²) in [6, 6.07) is 6.86. The molecule has 7 nitrogen and oxygen atoms in total. The number of carbonyl (C=O) groups excluding carboxylic acids is 1. The van der Waals surface area contributed by atoms with Crippen molar-refractivity contribution in [3.8, 4) is 0 Å². The van der Waals surface area contributed by atoms with Crippen molar-refractivity contribution in [2.45, 2.75) is 69.9 Å². The number of amides is 1. The summed E-state index contributed by atoms with van der Waals surface area (Å²) in [6.07, 6.45) is 4.53. The van der Waals surface area contributed by atoms with E-state index in [0.717, 1.165) is 25.7 Å². The van der Waals surface area contributed by atoms with Crippen molar-refractivity contribution in [2.75, 3.05) is 0 Å². The summed E-state index contributed by atoms with van der Waals surface area (Å²) in [7, 11) is -3.66. The average molecular weight is 396 g/mol. The number of carbonyl (C=O) groups is 1. The van der Waals surface area contributed by atoms with Gasteiger partial charge in [-0.1, -0.05) is 18.2 Å². The van der Waals surface area contributed by atoms with Crippen molar-refractivity contribution < 1.29 is 17.9 Å². The van der Waals surface area contributed by atoms with E-state index in [9.17, 15) is 13.2 Å². The van der Waals surface area contributed by atoms with Crippen LogP contribution in [0.15, 0.2) is 34.3 Å². The number of sulfonamides is 1. The molecule has 1 aromatic carbocycles. The number of hydrogen-bond acceptors (Lipinski definition) is 5. The zero-order chi connectivity index (χ0) is 20.1. The molecule has 0 aliphatic heterocycles. The second-order valence-corrected chi connectivity index (χ2v) is 9.53. The van der Waals surface area contributed by atoms with E-state index in [1.54, 1.807) is 37.4 Å². The number of benzene rings is 1. The maximum absolute atomic E-state index is 12.3. The highest BCUT2D eigenvalue weighted by Crippen LogP contribution is 2.23. The Kier molecular flexibility index (Phi) is 6.86. The minimum Gasteiger partial charge on any atom is -0.444 e. The van der Waals surface area contributed by atoms with E-state index in [2.05, 4.69) is 15.2 Å². The Morgan fingerprint density at radius 1 is 1.19 bits per heavy atom. The minimum absolute atomic E-state index is 0.0770. The van der Waals surface area contributed by atoms with Gasteiger partial charge in [0.15, 0.2) is 0 Å². The van der Waals surface area contributed by atoms with E-state index < -0.39 is 21.7 Å². The molecule has 1 aromatic rings. The summed E-state index contributed by atoms with van der Waals surface area (Å²) in [5.74, 6) is 0.182. The second kappa shape index (κ2) is 8.73. The Morgan fingerprint density at radius 3 is 2.41 bits per heavy atom. The molecule has 27 heavy (non-hydrogen) atoms. The lowest BCUT2D eigenvalue weighted by molar-refractivity contribution is 0.0491. The van der Waals surface area contributed by atoms with Crippen LogP contribution in [0.2, 0.25) is 0 Å². The lowest BCUT2D eigenvalue weighted by atomic mass is 9.87. The maximum Gasteiger partial charge on any atom is 0.407 e. The molecule has 1 saturated carbocycles. The molecule has 0 aromatic heterocycles. The third kappa shape index (κ3) is 6.86. The highest BCUT2D eigenvalue weighted by atomic mass is 32.2.